The summed E-state index contributed by atoms with van der Waals surface area (Å²) < 4.78 is 0. The molecule has 0 aliphatic carbocycles. The Kier molecular flexibility index (Phi) is 3.43. The molecule has 0 aromatic carbocycles. The highest BCUT2D eigenvalue weighted by Crippen LogP contribution is 2.24. The van der Waals surface area contributed by atoms with Crippen molar-refractivity contribution >= 4 is 35.0 Å². The topological polar surface area (TPSA) is 25.8 Å². The first-order valence-electron chi connectivity index (χ1n) is 3.05. The van der Waals surface area contributed by atoms with Gasteiger partial charge in [-0.05, 0) is 17.4 Å². The third-order valence-electron chi connectivity index (χ3n) is 0.964. The van der Waals surface area contributed by atoms with Crippen LogP contribution in [0.5, 0.6) is 0 Å². The molecule has 0 fully saturated rings. The van der Waals surface area contributed by atoms with Crippen LogP contribution in [0.3, 0.4) is 0 Å². The van der Waals surface area contributed by atoms with Crippen molar-refractivity contribution in [3.05, 3.63) is 16.5 Å². The lowest BCUT2D eigenvalue weighted by Crippen LogP contribution is -1.86. The fourth-order valence-electron chi connectivity index (χ4n) is 0.569. The molecule has 2 nitrogen and oxygen atoms in total. The molecule has 0 aliphatic heterocycles. The molecule has 0 atom stereocenters. The van der Waals surface area contributed by atoms with Gasteiger partial charge < -0.3 is 0 Å². The average molecular weight is 209 g/mol. The molecule has 0 spiro atoms. The number of aromatic nitrogens is 2. The summed E-state index contributed by atoms with van der Waals surface area (Å²) in [6, 6.07) is 0. The summed E-state index contributed by atoms with van der Waals surface area (Å²) in [6.07, 6.45) is 1.51. The second-order valence-electron chi connectivity index (χ2n) is 1.73. The number of hydrogen-bond donors (Lipinski definition) is 0. The maximum atomic E-state index is 5.77. The van der Waals surface area contributed by atoms with E-state index >= 15 is 0 Å². The van der Waals surface area contributed by atoms with Gasteiger partial charge >= 0.3 is 0 Å². The molecule has 1 rings (SSSR count). The Hall–Kier alpha value is 0.01000. The first kappa shape index (κ1) is 9.10. The summed E-state index contributed by atoms with van der Waals surface area (Å²) in [4.78, 5) is 7.68. The molecule has 0 unspecified atom stereocenters. The average Bonchev–Trinajstić information content (AvgIpc) is 1.98. The van der Waals surface area contributed by atoms with E-state index in [4.69, 9.17) is 23.2 Å². The van der Waals surface area contributed by atoms with Gasteiger partial charge in [0.15, 0.2) is 0 Å². The first-order chi connectivity index (χ1) is 5.24. The van der Waals surface area contributed by atoms with Gasteiger partial charge in [0.1, 0.15) is 5.03 Å². The van der Waals surface area contributed by atoms with E-state index < -0.39 is 0 Å². The Morgan fingerprint density at radius 2 is 2.27 bits per heavy atom. The van der Waals surface area contributed by atoms with E-state index in [0.29, 0.717) is 5.02 Å². The molecule has 0 radical (unpaired) electrons. The van der Waals surface area contributed by atoms with Gasteiger partial charge in [-0.25, -0.2) is 9.97 Å². The zero-order chi connectivity index (χ0) is 8.27. The second kappa shape index (κ2) is 4.14. The molecule has 0 saturated carbocycles. The molecule has 0 aliphatic rings. The van der Waals surface area contributed by atoms with Crippen LogP contribution in [-0.2, 0) is 0 Å². The van der Waals surface area contributed by atoms with E-state index in [2.05, 4.69) is 9.97 Å². The monoisotopic (exact) mass is 208 g/mol. The Morgan fingerprint density at radius 3 is 2.91 bits per heavy atom. The van der Waals surface area contributed by atoms with Crippen LogP contribution in [0, 0.1) is 0 Å². The van der Waals surface area contributed by atoms with Gasteiger partial charge in [0.25, 0.3) is 0 Å². The molecule has 60 valence electrons. The summed E-state index contributed by atoms with van der Waals surface area (Å²) >= 11 is 12.9. The fraction of sp³-hybridized carbons (Fsp3) is 0.333. The van der Waals surface area contributed by atoms with Crippen LogP contribution in [0.1, 0.15) is 6.92 Å². The van der Waals surface area contributed by atoms with Crippen LogP contribution in [0.15, 0.2) is 11.2 Å². The lowest BCUT2D eigenvalue weighted by molar-refractivity contribution is 1.05. The fourth-order valence-corrected chi connectivity index (χ4v) is 1.62. The van der Waals surface area contributed by atoms with Gasteiger partial charge in [0.05, 0.1) is 11.2 Å². The van der Waals surface area contributed by atoms with E-state index in [9.17, 15) is 0 Å². The summed E-state index contributed by atoms with van der Waals surface area (Å²) in [5, 5.41) is 1.54. The Bertz CT molecular complexity index is 254. The zero-order valence-corrected chi connectivity index (χ0v) is 8.17. The van der Waals surface area contributed by atoms with Crippen LogP contribution < -0.4 is 0 Å². The van der Waals surface area contributed by atoms with Crippen molar-refractivity contribution in [1.29, 1.82) is 0 Å². The molecule has 5 heteroatoms. The van der Waals surface area contributed by atoms with E-state index in [1.807, 2.05) is 6.92 Å². The van der Waals surface area contributed by atoms with Crippen molar-refractivity contribution in [1.82, 2.24) is 9.97 Å². The summed E-state index contributed by atoms with van der Waals surface area (Å²) in [6.45, 7) is 2.02. The number of rotatable bonds is 2. The third kappa shape index (κ3) is 2.51. The standard InChI is InChI=1S/C6H6Cl2N2S/c1-2-11-5-4(7)3-9-6(8)10-5/h3H,2H2,1H3. The van der Waals surface area contributed by atoms with Crippen molar-refractivity contribution in [3.8, 4) is 0 Å². The van der Waals surface area contributed by atoms with Crippen molar-refractivity contribution in [2.75, 3.05) is 5.75 Å². The van der Waals surface area contributed by atoms with Crippen molar-refractivity contribution in [2.45, 2.75) is 11.9 Å². The van der Waals surface area contributed by atoms with E-state index in [1.165, 1.54) is 6.20 Å². The molecule has 0 N–H and O–H groups in total. The predicted molar refractivity (Wildman–Crippen MR) is 48.5 cm³/mol. The van der Waals surface area contributed by atoms with Gasteiger partial charge in [-0.15, -0.1) is 11.8 Å². The third-order valence-corrected chi connectivity index (χ3v) is 2.41. The van der Waals surface area contributed by atoms with Crippen molar-refractivity contribution < 1.29 is 0 Å². The predicted octanol–water partition coefficient (Wildman–Crippen LogP) is 2.90. The molecule has 11 heavy (non-hydrogen) atoms. The molecule has 0 saturated heterocycles. The molecule has 1 aromatic rings. The van der Waals surface area contributed by atoms with Crippen molar-refractivity contribution in [2.24, 2.45) is 0 Å². The quantitative estimate of drug-likeness (QED) is 0.425. The number of thioether (sulfide) groups is 1. The first-order valence-corrected chi connectivity index (χ1v) is 4.79. The minimum Gasteiger partial charge on any atom is -0.225 e. The highest BCUT2D eigenvalue weighted by Gasteiger charge is 2.02. The van der Waals surface area contributed by atoms with Crippen LogP contribution >= 0.6 is 35.0 Å². The van der Waals surface area contributed by atoms with Crippen LogP contribution in [0.4, 0.5) is 0 Å². The highest BCUT2D eigenvalue weighted by atomic mass is 35.5. The van der Waals surface area contributed by atoms with Crippen LogP contribution in [-0.4, -0.2) is 15.7 Å². The molecule has 0 bridgehead atoms. The Labute approximate surface area is 79.3 Å². The molecule has 1 heterocycles. The maximum Gasteiger partial charge on any atom is 0.223 e. The maximum absolute atomic E-state index is 5.77. The number of nitrogens with zero attached hydrogens (tertiary/aromatic N) is 2. The molecular formula is C6H6Cl2N2S. The number of halogens is 2. The van der Waals surface area contributed by atoms with Gasteiger partial charge in [-0.1, -0.05) is 18.5 Å². The van der Waals surface area contributed by atoms with Crippen LogP contribution in [0.25, 0.3) is 0 Å². The molecular weight excluding hydrogens is 203 g/mol. The molecule has 1 aromatic heterocycles. The van der Waals surface area contributed by atoms with Crippen molar-refractivity contribution in [3.63, 3.8) is 0 Å². The largest absolute Gasteiger partial charge is 0.225 e. The summed E-state index contributed by atoms with van der Waals surface area (Å²) in [5.74, 6) is 0.924. The lowest BCUT2D eigenvalue weighted by atomic mass is 10.7. The lowest BCUT2D eigenvalue weighted by Gasteiger charge is -1.98. The van der Waals surface area contributed by atoms with E-state index in [-0.39, 0.29) is 5.28 Å². The summed E-state index contributed by atoms with van der Waals surface area (Å²) in [7, 11) is 0. The number of hydrogen-bond acceptors (Lipinski definition) is 3. The minimum absolute atomic E-state index is 0.241. The Morgan fingerprint density at radius 1 is 1.55 bits per heavy atom. The smallest absolute Gasteiger partial charge is 0.223 e. The Balaban J connectivity index is 2.93. The van der Waals surface area contributed by atoms with Gasteiger partial charge in [-0.2, -0.15) is 0 Å². The van der Waals surface area contributed by atoms with Gasteiger partial charge in [0.2, 0.25) is 5.28 Å². The SMILES string of the molecule is CCSc1nc(Cl)ncc1Cl. The van der Waals surface area contributed by atoms with E-state index in [0.717, 1.165) is 10.8 Å². The zero-order valence-electron chi connectivity index (χ0n) is 5.84. The molecule has 0 amide bonds. The van der Waals surface area contributed by atoms with Gasteiger partial charge in [-0.3, -0.25) is 0 Å². The summed E-state index contributed by atoms with van der Waals surface area (Å²) in [5.41, 5.74) is 0. The normalized spacial score (nSPS) is 10.1. The van der Waals surface area contributed by atoms with Crippen LogP contribution in [0.2, 0.25) is 10.3 Å². The second-order valence-corrected chi connectivity index (χ2v) is 3.72. The van der Waals surface area contributed by atoms with E-state index in [1.54, 1.807) is 11.8 Å². The minimum atomic E-state index is 0.241. The highest BCUT2D eigenvalue weighted by molar-refractivity contribution is 7.99. The van der Waals surface area contributed by atoms with Gasteiger partial charge in [0, 0.05) is 0 Å².